The van der Waals surface area contributed by atoms with E-state index in [-0.39, 0.29) is 23.2 Å². The molecule has 0 atom stereocenters. The molecule has 0 spiro atoms. The number of aryl methyl sites for hydroxylation is 2. The van der Waals surface area contributed by atoms with E-state index in [1.165, 1.54) is 11.6 Å². The van der Waals surface area contributed by atoms with Gasteiger partial charge in [-0.25, -0.2) is 14.6 Å². The second-order valence-corrected chi connectivity index (χ2v) is 6.30. The van der Waals surface area contributed by atoms with Crippen molar-refractivity contribution in [2.45, 2.75) is 13.8 Å². The van der Waals surface area contributed by atoms with E-state index in [4.69, 9.17) is 9.47 Å². The van der Waals surface area contributed by atoms with Crippen molar-refractivity contribution in [2.24, 2.45) is 14.1 Å². The van der Waals surface area contributed by atoms with Gasteiger partial charge in [0.05, 0.1) is 30.4 Å². The van der Waals surface area contributed by atoms with Crippen molar-refractivity contribution < 1.29 is 14.3 Å². The number of aromatic nitrogens is 3. The predicted octanol–water partition coefficient (Wildman–Crippen LogP) is 1.79. The molecule has 1 aromatic carbocycles. The zero-order valence-corrected chi connectivity index (χ0v) is 16.4. The fourth-order valence-corrected chi connectivity index (χ4v) is 3.20. The molecule has 8 nitrogen and oxygen atoms in total. The number of pyridine rings is 1. The van der Waals surface area contributed by atoms with Gasteiger partial charge in [0.2, 0.25) is 0 Å². The lowest BCUT2D eigenvalue weighted by molar-refractivity contribution is 0.0526. The number of nitrogens with zero attached hydrogens (tertiary/aromatic N) is 3. The standard InChI is InChI=1S/C20H21N3O5/c1-6-28-19(25)14-11(2)21-17-16(18(24)23(4)20(26)22(17)3)15(14)12-7-9-13(27-5)10-8-12/h7-10H,6H2,1-5H3. The van der Waals surface area contributed by atoms with Crippen LogP contribution in [0.5, 0.6) is 5.75 Å². The molecule has 0 saturated heterocycles. The van der Waals surface area contributed by atoms with Crippen molar-refractivity contribution >= 4 is 17.0 Å². The summed E-state index contributed by atoms with van der Waals surface area (Å²) >= 11 is 0. The van der Waals surface area contributed by atoms with E-state index < -0.39 is 17.2 Å². The first-order chi connectivity index (χ1) is 13.3. The van der Waals surface area contributed by atoms with Crippen molar-refractivity contribution in [3.63, 3.8) is 0 Å². The highest BCUT2D eigenvalue weighted by Gasteiger charge is 2.25. The first kappa shape index (κ1) is 19.3. The van der Waals surface area contributed by atoms with Crippen LogP contribution in [0.25, 0.3) is 22.2 Å². The molecule has 0 radical (unpaired) electrons. The van der Waals surface area contributed by atoms with E-state index in [1.807, 2.05) is 0 Å². The van der Waals surface area contributed by atoms with Crippen molar-refractivity contribution in [1.82, 2.24) is 14.1 Å². The highest BCUT2D eigenvalue weighted by Crippen LogP contribution is 2.32. The Morgan fingerprint density at radius 2 is 1.75 bits per heavy atom. The Kier molecular flexibility index (Phi) is 5.04. The molecule has 0 bridgehead atoms. The van der Waals surface area contributed by atoms with Gasteiger partial charge < -0.3 is 9.47 Å². The number of esters is 1. The number of hydrogen-bond acceptors (Lipinski definition) is 6. The molecule has 2 heterocycles. The van der Waals surface area contributed by atoms with Crippen LogP contribution in [0.2, 0.25) is 0 Å². The Morgan fingerprint density at radius 3 is 2.32 bits per heavy atom. The minimum absolute atomic E-state index is 0.184. The van der Waals surface area contributed by atoms with Crippen LogP contribution in [0, 0.1) is 6.92 Å². The molecule has 146 valence electrons. The summed E-state index contributed by atoms with van der Waals surface area (Å²) in [5, 5.41) is 0.184. The number of carbonyl (C=O) groups excluding carboxylic acids is 1. The number of methoxy groups -OCH3 is 1. The second kappa shape index (κ2) is 7.30. The van der Waals surface area contributed by atoms with Crippen LogP contribution >= 0.6 is 0 Å². The number of benzene rings is 1. The summed E-state index contributed by atoms with van der Waals surface area (Å²) in [5.41, 5.74) is 0.783. The fraction of sp³-hybridized carbons (Fsp3) is 0.300. The van der Waals surface area contributed by atoms with E-state index >= 15 is 0 Å². The summed E-state index contributed by atoms with van der Waals surface area (Å²) in [7, 11) is 4.49. The number of ether oxygens (including phenoxy) is 2. The Bertz CT molecular complexity index is 1190. The topological polar surface area (TPSA) is 92.4 Å². The molecule has 3 rings (SSSR count). The molecule has 3 aromatic rings. The minimum atomic E-state index is -0.573. The average Bonchev–Trinajstić information content (AvgIpc) is 2.70. The number of rotatable bonds is 4. The predicted molar refractivity (Wildman–Crippen MR) is 105 cm³/mol. The summed E-state index contributed by atoms with van der Waals surface area (Å²) in [6.07, 6.45) is 0. The van der Waals surface area contributed by atoms with Gasteiger partial charge >= 0.3 is 11.7 Å². The lowest BCUT2D eigenvalue weighted by Gasteiger charge is -2.16. The van der Waals surface area contributed by atoms with Crippen LogP contribution in [0.1, 0.15) is 23.0 Å². The maximum Gasteiger partial charge on any atom is 0.340 e. The van der Waals surface area contributed by atoms with Gasteiger partial charge in [0.25, 0.3) is 5.56 Å². The largest absolute Gasteiger partial charge is 0.497 e. The summed E-state index contributed by atoms with van der Waals surface area (Å²) in [6.45, 7) is 3.54. The SMILES string of the molecule is CCOC(=O)c1c(C)nc2c(c1-c1ccc(OC)cc1)c(=O)n(C)c(=O)n2C. The van der Waals surface area contributed by atoms with Crippen molar-refractivity contribution in [2.75, 3.05) is 13.7 Å². The lowest BCUT2D eigenvalue weighted by atomic mass is 9.95. The van der Waals surface area contributed by atoms with Gasteiger partial charge in [-0.3, -0.25) is 13.9 Å². The number of carbonyl (C=O) groups is 1. The zero-order valence-electron chi connectivity index (χ0n) is 16.4. The Hall–Kier alpha value is -3.42. The molecule has 2 aromatic heterocycles. The first-order valence-corrected chi connectivity index (χ1v) is 8.73. The number of fused-ring (bicyclic) bond motifs is 1. The zero-order chi connectivity index (χ0) is 20.6. The second-order valence-electron chi connectivity index (χ2n) is 6.30. The highest BCUT2D eigenvalue weighted by molar-refractivity contribution is 6.07. The highest BCUT2D eigenvalue weighted by atomic mass is 16.5. The van der Waals surface area contributed by atoms with Crippen molar-refractivity contribution in [1.29, 1.82) is 0 Å². The van der Waals surface area contributed by atoms with Gasteiger partial charge in [-0.15, -0.1) is 0 Å². The van der Waals surface area contributed by atoms with Gasteiger partial charge in [-0.2, -0.15) is 0 Å². The van der Waals surface area contributed by atoms with Gasteiger partial charge in [-0.05, 0) is 31.5 Å². The third-order valence-corrected chi connectivity index (χ3v) is 4.63. The van der Waals surface area contributed by atoms with Gasteiger partial charge in [0.15, 0.2) is 0 Å². The van der Waals surface area contributed by atoms with E-state index in [2.05, 4.69) is 4.98 Å². The molecule has 0 aliphatic carbocycles. The van der Waals surface area contributed by atoms with Crippen molar-refractivity contribution in [3.05, 3.63) is 56.4 Å². The maximum absolute atomic E-state index is 13.0. The lowest BCUT2D eigenvalue weighted by Crippen LogP contribution is -2.38. The smallest absolute Gasteiger partial charge is 0.340 e. The maximum atomic E-state index is 13.0. The normalized spacial score (nSPS) is 10.9. The average molecular weight is 383 g/mol. The Morgan fingerprint density at radius 1 is 1.11 bits per heavy atom. The molecule has 0 aliphatic heterocycles. The van der Waals surface area contributed by atoms with Crippen LogP contribution in [-0.4, -0.2) is 33.8 Å². The Balaban J connectivity index is 2.55. The Labute approximate surface area is 161 Å². The van der Waals surface area contributed by atoms with Crippen LogP contribution < -0.4 is 16.0 Å². The number of hydrogen-bond donors (Lipinski definition) is 0. The fourth-order valence-electron chi connectivity index (χ4n) is 3.20. The molecule has 0 N–H and O–H groups in total. The minimum Gasteiger partial charge on any atom is -0.497 e. The summed E-state index contributed by atoms with van der Waals surface area (Å²) in [6, 6.07) is 6.97. The molecular formula is C20H21N3O5. The van der Waals surface area contributed by atoms with Crippen molar-refractivity contribution in [3.8, 4) is 16.9 Å². The van der Waals surface area contributed by atoms with E-state index in [9.17, 15) is 14.4 Å². The molecule has 0 saturated carbocycles. The summed E-state index contributed by atoms with van der Waals surface area (Å²) in [5.74, 6) is 0.0629. The van der Waals surface area contributed by atoms with Crippen LogP contribution in [0.4, 0.5) is 0 Å². The first-order valence-electron chi connectivity index (χ1n) is 8.73. The van der Waals surface area contributed by atoms with Gasteiger partial charge in [0, 0.05) is 19.7 Å². The third-order valence-electron chi connectivity index (χ3n) is 4.63. The quantitative estimate of drug-likeness (QED) is 0.638. The van der Waals surface area contributed by atoms with Crippen LogP contribution in [0.3, 0.4) is 0 Å². The molecule has 28 heavy (non-hydrogen) atoms. The molecule has 0 amide bonds. The van der Waals surface area contributed by atoms with Gasteiger partial charge in [0.1, 0.15) is 11.4 Å². The molecular weight excluding hydrogens is 362 g/mol. The summed E-state index contributed by atoms with van der Waals surface area (Å²) in [4.78, 5) is 42.4. The van der Waals surface area contributed by atoms with Crippen LogP contribution in [-0.2, 0) is 18.8 Å². The molecule has 8 heteroatoms. The monoisotopic (exact) mass is 383 g/mol. The summed E-state index contributed by atoms with van der Waals surface area (Å²) < 4.78 is 12.7. The van der Waals surface area contributed by atoms with E-state index in [0.29, 0.717) is 22.6 Å². The molecule has 0 aliphatic rings. The molecule has 0 unspecified atom stereocenters. The van der Waals surface area contributed by atoms with Crippen LogP contribution in [0.15, 0.2) is 33.9 Å². The van der Waals surface area contributed by atoms with E-state index in [0.717, 1.165) is 4.57 Å². The molecule has 0 fully saturated rings. The van der Waals surface area contributed by atoms with Gasteiger partial charge in [-0.1, -0.05) is 12.1 Å². The third kappa shape index (κ3) is 2.96. The van der Waals surface area contributed by atoms with E-state index in [1.54, 1.807) is 52.3 Å².